The Morgan fingerprint density at radius 1 is 1.09 bits per heavy atom. The molecule has 2 aromatic rings. The number of halogens is 1. The molecule has 22 heavy (non-hydrogen) atoms. The second-order valence-corrected chi connectivity index (χ2v) is 5.19. The van der Waals surface area contributed by atoms with Crippen molar-refractivity contribution in [2.45, 2.75) is 18.9 Å². The molecule has 0 aliphatic heterocycles. The second kappa shape index (κ2) is 8.51. The van der Waals surface area contributed by atoms with E-state index in [0.717, 1.165) is 29.8 Å². The molecule has 4 heteroatoms. The molecular weight excluding hydrogens is 281 g/mol. The zero-order valence-electron chi connectivity index (χ0n) is 12.8. The molecule has 0 heterocycles. The van der Waals surface area contributed by atoms with Crippen molar-refractivity contribution < 1.29 is 14.2 Å². The summed E-state index contributed by atoms with van der Waals surface area (Å²) >= 11 is 0. The van der Waals surface area contributed by atoms with E-state index in [9.17, 15) is 4.39 Å². The van der Waals surface area contributed by atoms with Gasteiger partial charge in [0, 0.05) is 12.6 Å². The Balaban J connectivity index is 2.11. The van der Waals surface area contributed by atoms with Gasteiger partial charge >= 0.3 is 0 Å². The Kier molecular flexibility index (Phi) is 6.37. The normalized spacial score (nSPS) is 12.1. The first-order valence-electron chi connectivity index (χ1n) is 7.45. The summed E-state index contributed by atoms with van der Waals surface area (Å²) < 4.78 is 18.2. The first-order valence-corrected chi connectivity index (χ1v) is 7.45. The van der Waals surface area contributed by atoms with Crippen molar-refractivity contribution in [3.8, 4) is 5.75 Å². The van der Waals surface area contributed by atoms with Crippen LogP contribution in [0, 0.1) is 5.82 Å². The summed E-state index contributed by atoms with van der Waals surface area (Å²) in [6, 6.07) is 14.6. The van der Waals surface area contributed by atoms with Crippen LogP contribution >= 0.6 is 0 Å². The molecule has 2 N–H and O–H groups in total. The number of benzene rings is 2. The first-order chi connectivity index (χ1) is 10.7. The summed E-state index contributed by atoms with van der Waals surface area (Å²) in [5.74, 6) is 0.595. The lowest BCUT2D eigenvalue weighted by Gasteiger charge is -2.20. The average molecular weight is 303 g/mol. The van der Waals surface area contributed by atoms with E-state index in [-0.39, 0.29) is 18.5 Å². The highest BCUT2D eigenvalue weighted by atomic mass is 19.1. The van der Waals surface area contributed by atoms with E-state index >= 15 is 0 Å². The van der Waals surface area contributed by atoms with E-state index in [0.29, 0.717) is 6.42 Å². The number of hydrogen-bond donors (Lipinski definition) is 2. The van der Waals surface area contributed by atoms with E-state index in [2.05, 4.69) is 5.32 Å². The van der Waals surface area contributed by atoms with Crippen molar-refractivity contribution in [1.82, 2.24) is 5.32 Å². The van der Waals surface area contributed by atoms with Gasteiger partial charge in [-0.3, -0.25) is 0 Å². The first kappa shape index (κ1) is 16.5. The van der Waals surface area contributed by atoms with Crippen molar-refractivity contribution in [1.29, 1.82) is 0 Å². The highest BCUT2D eigenvalue weighted by Gasteiger charge is 2.12. The van der Waals surface area contributed by atoms with E-state index in [1.54, 1.807) is 19.2 Å². The Hall–Kier alpha value is -1.91. The number of ether oxygens (including phenoxy) is 1. The molecule has 0 saturated carbocycles. The number of nitrogens with one attached hydrogen (secondary N) is 1. The average Bonchev–Trinajstić information content (AvgIpc) is 2.56. The molecule has 3 nitrogen and oxygen atoms in total. The monoisotopic (exact) mass is 303 g/mol. The van der Waals surface area contributed by atoms with E-state index < -0.39 is 0 Å². The van der Waals surface area contributed by atoms with Gasteiger partial charge in [0.2, 0.25) is 0 Å². The highest BCUT2D eigenvalue weighted by molar-refractivity contribution is 5.30. The molecular formula is C18H22FNO2. The van der Waals surface area contributed by atoms with Crippen molar-refractivity contribution in [3.63, 3.8) is 0 Å². The third-order valence-electron chi connectivity index (χ3n) is 3.60. The molecule has 0 saturated heterocycles. The Morgan fingerprint density at radius 2 is 1.77 bits per heavy atom. The lowest BCUT2D eigenvalue weighted by molar-refractivity contribution is 0.283. The SMILES string of the molecule is COc1ccc(C(Cc2ccc(F)cc2)NCCCO)cc1. The van der Waals surface area contributed by atoms with Crippen LogP contribution in [0.25, 0.3) is 0 Å². The van der Waals surface area contributed by atoms with Crippen LogP contribution < -0.4 is 10.1 Å². The lowest BCUT2D eigenvalue weighted by atomic mass is 9.98. The van der Waals surface area contributed by atoms with Crippen LogP contribution in [0.5, 0.6) is 5.75 Å². The molecule has 0 amide bonds. The summed E-state index contributed by atoms with van der Waals surface area (Å²) in [5.41, 5.74) is 2.21. The highest BCUT2D eigenvalue weighted by Crippen LogP contribution is 2.21. The van der Waals surface area contributed by atoms with Crippen molar-refractivity contribution in [2.75, 3.05) is 20.3 Å². The molecule has 118 valence electrons. The molecule has 0 aromatic heterocycles. The fourth-order valence-corrected chi connectivity index (χ4v) is 2.36. The van der Waals surface area contributed by atoms with Crippen LogP contribution in [-0.2, 0) is 6.42 Å². The summed E-state index contributed by atoms with van der Waals surface area (Å²) in [4.78, 5) is 0. The summed E-state index contributed by atoms with van der Waals surface area (Å²) in [5, 5.41) is 12.4. The zero-order chi connectivity index (χ0) is 15.8. The van der Waals surface area contributed by atoms with Gasteiger partial charge in [0.25, 0.3) is 0 Å². The molecule has 2 aromatic carbocycles. The van der Waals surface area contributed by atoms with Crippen molar-refractivity contribution in [3.05, 3.63) is 65.5 Å². The minimum Gasteiger partial charge on any atom is -0.497 e. The number of hydrogen-bond acceptors (Lipinski definition) is 3. The van der Waals surface area contributed by atoms with Crippen LogP contribution in [0.4, 0.5) is 4.39 Å². The number of aliphatic hydroxyl groups is 1. The Bertz CT molecular complexity index is 554. The van der Waals surface area contributed by atoms with E-state index in [4.69, 9.17) is 9.84 Å². The molecule has 0 fully saturated rings. The van der Waals surface area contributed by atoms with Gasteiger partial charge in [-0.2, -0.15) is 0 Å². The zero-order valence-corrected chi connectivity index (χ0v) is 12.8. The largest absolute Gasteiger partial charge is 0.497 e. The fourth-order valence-electron chi connectivity index (χ4n) is 2.36. The lowest BCUT2D eigenvalue weighted by Crippen LogP contribution is -2.25. The predicted molar refractivity (Wildman–Crippen MR) is 85.5 cm³/mol. The van der Waals surface area contributed by atoms with Crippen LogP contribution in [0.2, 0.25) is 0 Å². The van der Waals surface area contributed by atoms with Crippen molar-refractivity contribution in [2.24, 2.45) is 0 Å². The minimum absolute atomic E-state index is 0.114. The van der Waals surface area contributed by atoms with Gasteiger partial charge in [0.15, 0.2) is 0 Å². The minimum atomic E-state index is -0.224. The maximum Gasteiger partial charge on any atom is 0.123 e. The molecule has 0 aliphatic carbocycles. The standard InChI is InChI=1S/C18H22FNO2/c1-22-17-9-5-15(6-10-17)18(20-11-2-12-21)13-14-3-7-16(19)8-4-14/h3-10,18,20-21H,2,11-13H2,1H3. The van der Waals surface area contributed by atoms with Gasteiger partial charge in [-0.15, -0.1) is 0 Å². The summed E-state index contributed by atoms with van der Waals surface area (Å²) in [6.45, 7) is 0.896. The summed E-state index contributed by atoms with van der Waals surface area (Å²) in [7, 11) is 1.64. The molecule has 0 bridgehead atoms. The third-order valence-corrected chi connectivity index (χ3v) is 3.60. The topological polar surface area (TPSA) is 41.5 Å². The smallest absolute Gasteiger partial charge is 0.123 e. The van der Waals surface area contributed by atoms with Gasteiger partial charge in [-0.1, -0.05) is 24.3 Å². The van der Waals surface area contributed by atoms with E-state index in [1.165, 1.54) is 12.1 Å². The van der Waals surface area contributed by atoms with Crippen LogP contribution in [0.1, 0.15) is 23.6 Å². The van der Waals surface area contributed by atoms with Gasteiger partial charge in [-0.25, -0.2) is 4.39 Å². The van der Waals surface area contributed by atoms with Crippen LogP contribution in [0.3, 0.4) is 0 Å². The van der Waals surface area contributed by atoms with Crippen molar-refractivity contribution >= 4 is 0 Å². The fraction of sp³-hybridized carbons (Fsp3) is 0.333. The predicted octanol–water partition coefficient (Wildman–Crippen LogP) is 3.09. The third kappa shape index (κ3) is 4.83. The quantitative estimate of drug-likeness (QED) is 0.736. The van der Waals surface area contributed by atoms with Gasteiger partial charge < -0.3 is 15.2 Å². The number of aliphatic hydroxyl groups excluding tert-OH is 1. The molecule has 1 unspecified atom stereocenters. The molecule has 0 radical (unpaired) electrons. The van der Waals surface area contributed by atoms with E-state index in [1.807, 2.05) is 24.3 Å². The van der Waals surface area contributed by atoms with Crippen LogP contribution in [-0.4, -0.2) is 25.4 Å². The Morgan fingerprint density at radius 3 is 2.36 bits per heavy atom. The second-order valence-electron chi connectivity index (χ2n) is 5.19. The maximum atomic E-state index is 13.0. The maximum absolute atomic E-state index is 13.0. The van der Waals surface area contributed by atoms with Gasteiger partial charge in [-0.05, 0) is 54.8 Å². The number of methoxy groups -OCH3 is 1. The molecule has 2 rings (SSSR count). The summed E-state index contributed by atoms with van der Waals surface area (Å²) in [6.07, 6.45) is 1.47. The Labute approximate surface area is 130 Å². The van der Waals surface area contributed by atoms with Crippen LogP contribution in [0.15, 0.2) is 48.5 Å². The molecule has 0 aliphatic rings. The molecule has 1 atom stereocenters. The molecule has 0 spiro atoms. The van der Waals surface area contributed by atoms with Gasteiger partial charge in [0.1, 0.15) is 11.6 Å². The van der Waals surface area contributed by atoms with Gasteiger partial charge in [0.05, 0.1) is 7.11 Å². The number of rotatable bonds is 8.